The molecule has 0 atom stereocenters. The molecular weight excluding hydrogens is 352 g/mol. The summed E-state index contributed by atoms with van der Waals surface area (Å²) in [6, 6.07) is 9.56. The predicted octanol–water partition coefficient (Wildman–Crippen LogP) is 3.01. The van der Waals surface area contributed by atoms with Crippen LogP contribution in [-0.2, 0) is 10.0 Å². The van der Waals surface area contributed by atoms with E-state index >= 15 is 0 Å². The fraction of sp³-hybridized carbons (Fsp3) is 0.263. The molecule has 0 aliphatic heterocycles. The van der Waals surface area contributed by atoms with Crippen LogP contribution in [0.25, 0.3) is 0 Å². The van der Waals surface area contributed by atoms with Gasteiger partial charge in [0.25, 0.3) is 5.91 Å². The molecule has 0 saturated carbocycles. The van der Waals surface area contributed by atoms with Gasteiger partial charge in [-0.05, 0) is 68.3 Å². The summed E-state index contributed by atoms with van der Waals surface area (Å²) in [5, 5.41) is 2.72. The molecule has 2 rings (SSSR count). The molecule has 0 aliphatic rings. The van der Waals surface area contributed by atoms with E-state index in [4.69, 9.17) is 0 Å². The van der Waals surface area contributed by atoms with Gasteiger partial charge in [-0.25, -0.2) is 12.7 Å². The second-order valence-electron chi connectivity index (χ2n) is 6.29. The number of rotatable bonds is 5. The van der Waals surface area contributed by atoms with Crippen LogP contribution in [0.3, 0.4) is 0 Å². The van der Waals surface area contributed by atoms with E-state index in [0.717, 1.165) is 4.31 Å². The lowest BCUT2D eigenvalue weighted by Gasteiger charge is -2.16. The Hall–Kier alpha value is -2.51. The van der Waals surface area contributed by atoms with Crippen LogP contribution in [0.4, 0.5) is 5.69 Å². The number of amides is 1. The monoisotopic (exact) mass is 374 g/mol. The zero-order chi connectivity index (χ0) is 19.6. The van der Waals surface area contributed by atoms with Crippen LogP contribution < -0.4 is 5.32 Å². The molecule has 138 valence electrons. The number of nitrogens with one attached hydrogen (secondary N) is 1. The Bertz CT molecular complexity index is 962. The van der Waals surface area contributed by atoms with Crippen molar-refractivity contribution in [3.8, 4) is 0 Å². The molecule has 7 heteroatoms. The average molecular weight is 374 g/mol. The maximum atomic E-state index is 12.6. The van der Waals surface area contributed by atoms with Gasteiger partial charge in [-0.15, -0.1) is 0 Å². The van der Waals surface area contributed by atoms with E-state index < -0.39 is 15.9 Å². The molecule has 6 nitrogen and oxygen atoms in total. The smallest absolute Gasteiger partial charge is 0.255 e. The number of hydrogen-bond acceptors (Lipinski definition) is 4. The van der Waals surface area contributed by atoms with Crippen molar-refractivity contribution in [2.24, 2.45) is 0 Å². The van der Waals surface area contributed by atoms with Gasteiger partial charge in [0.15, 0.2) is 5.78 Å². The summed E-state index contributed by atoms with van der Waals surface area (Å²) in [6.45, 7) is 4.95. The Morgan fingerprint density at radius 2 is 1.54 bits per heavy atom. The fourth-order valence-electron chi connectivity index (χ4n) is 2.41. The third-order valence-electron chi connectivity index (χ3n) is 4.19. The molecular formula is C19H22N2O4S. The van der Waals surface area contributed by atoms with Crippen molar-refractivity contribution >= 4 is 27.4 Å². The van der Waals surface area contributed by atoms with Crippen molar-refractivity contribution in [3.05, 3.63) is 58.7 Å². The first kappa shape index (κ1) is 19.8. The van der Waals surface area contributed by atoms with Crippen LogP contribution in [0.5, 0.6) is 0 Å². The molecule has 1 N–H and O–H groups in total. The molecule has 0 bridgehead atoms. The molecule has 2 aromatic rings. The number of aryl methyl sites for hydroxylation is 1. The zero-order valence-corrected chi connectivity index (χ0v) is 16.3. The van der Waals surface area contributed by atoms with E-state index in [0.29, 0.717) is 22.4 Å². The highest BCUT2D eigenvalue weighted by atomic mass is 32.2. The second kappa shape index (κ2) is 7.39. The highest BCUT2D eigenvalue weighted by Crippen LogP contribution is 2.24. The number of nitrogens with zero attached hydrogens (tertiary/aromatic N) is 1. The van der Waals surface area contributed by atoms with E-state index in [2.05, 4.69) is 5.32 Å². The van der Waals surface area contributed by atoms with Crippen molar-refractivity contribution in [1.29, 1.82) is 0 Å². The van der Waals surface area contributed by atoms with Crippen LogP contribution in [0.15, 0.2) is 41.3 Å². The summed E-state index contributed by atoms with van der Waals surface area (Å²) < 4.78 is 26.1. The van der Waals surface area contributed by atoms with Gasteiger partial charge in [0.1, 0.15) is 0 Å². The Morgan fingerprint density at radius 3 is 2.04 bits per heavy atom. The van der Waals surface area contributed by atoms with Crippen LogP contribution in [-0.4, -0.2) is 38.5 Å². The minimum Gasteiger partial charge on any atom is -0.322 e. The number of sulfonamides is 1. The minimum absolute atomic E-state index is 0.0597. The summed E-state index contributed by atoms with van der Waals surface area (Å²) in [5.41, 5.74) is 2.65. The molecule has 0 fully saturated rings. The number of benzene rings is 2. The lowest BCUT2D eigenvalue weighted by Crippen LogP contribution is -2.24. The summed E-state index contributed by atoms with van der Waals surface area (Å²) in [4.78, 5) is 24.0. The SMILES string of the molecule is CC(=O)c1ccc(NC(=O)c2cc(C)c(C)c(S(=O)(=O)N(C)C)c2)cc1. The Morgan fingerprint density at radius 1 is 0.962 bits per heavy atom. The number of ketones is 1. The fourth-order valence-corrected chi connectivity index (χ4v) is 3.63. The van der Waals surface area contributed by atoms with Gasteiger partial charge < -0.3 is 5.32 Å². The number of Topliss-reactive ketones (excluding diaryl/α,β-unsaturated/α-hetero) is 1. The van der Waals surface area contributed by atoms with Gasteiger partial charge in [0.2, 0.25) is 10.0 Å². The number of anilines is 1. The van der Waals surface area contributed by atoms with Gasteiger partial charge in [-0.1, -0.05) is 0 Å². The number of carbonyl (C=O) groups excluding carboxylic acids is 2. The third-order valence-corrected chi connectivity index (χ3v) is 6.13. The Labute approximate surface area is 153 Å². The van der Waals surface area contributed by atoms with E-state index in [1.165, 1.54) is 27.1 Å². The highest BCUT2D eigenvalue weighted by molar-refractivity contribution is 7.89. The first-order valence-corrected chi connectivity index (χ1v) is 9.44. The summed E-state index contributed by atoms with van der Waals surface area (Å²) in [5.74, 6) is -0.477. The first-order chi connectivity index (χ1) is 12.0. The van der Waals surface area contributed by atoms with Crippen molar-refractivity contribution < 1.29 is 18.0 Å². The van der Waals surface area contributed by atoms with Crippen molar-refractivity contribution in [3.63, 3.8) is 0 Å². The van der Waals surface area contributed by atoms with Crippen molar-refractivity contribution in [2.45, 2.75) is 25.7 Å². The molecule has 2 aromatic carbocycles. The van der Waals surface area contributed by atoms with Gasteiger partial charge in [-0.2, -0.15) is 0 Å². The topological polar surface area (TPSA) is 83.5 Å². The van der Waals surface area contributed by atoms with Crippen molar-refractivity contribution in [2.75, 3.05) is 19.4 Å². The van der Waals surface area contributed by atoms with Gasteiger partial charge in [0.05, 0.1) is 4.90 Å². The summed E-state index contributed by atoms with van der Waals surface area (Å²) in [6.07, 6.45) is 0. The molecule has 0 aromatic heterocycles. The van der Waals surface area contributed by atoms with Crippen molar-refractivity contribution in [1.82, 2.24) is 4.31 Å². The second-order valence-corrected chi connectivity index (χ2v) is 8.41. The molecule has 0 heterocycles. The van der Waals surface area contributed by atoms with E-state index in [1.807, 2.05) is 0 Å². The normalized spacial score (nSPS) is 11.5. The number of carbonyl (C=O) groups is 2. The van der Waals surface area contributed by atoms with Crippen LogP contribution in [0, 0.1) is 13.8 Å². The standard InChI is InChI=1S/C19H22N2O4S/c1-12-10-16(11-18(13(12)2)26(24,25)21(4)5)19(23)20-17-8-6-15(7-9-17)14(3)22/h6-11H,1-5H3,(H,20,23). The zero-order valence-electron chi connectivity index (χ0n) is 15.5. The lowest BCUT2D eigenvalue weighted by atomic mass is 10.1. The quantitative estimate of drug-likeness (QED) is 0.816. The maximum Gasteiger partial charge on any atom is 0.255 e. The molecule has 26 heavy (non-hydrogen) atoms. The average Bonchev–Trinajstić information content (AvgIpc) is 2.57. The Balaban J connectivity index is 2.38. The van der Waals surface area contributed by atoms with Gasteiger partial charge in [0, 0.05) is 30.9 Å². The van der Waals surface area contributed by atoms with E-state index in [1.54, 1.807) is 44.2 Å². The number of hydrogen-bond donors (Lipinski definition) is 1. The summed E-state index contributed by atoms with van der Waals surface area (Å²) in [7, 11) is -0.755. The largest absolute Gasteiger partial charge is 0.322 e. The third kappa shape index (κ3) is 4.00. The lowest BCUT2D eigenvalue weighted by molar-refractivity contribution is 0.101. The highest BCUT2D eigenvalue weighted by Gasteiger charge is 2.23. The molecule has 0 unspecified atom stereocenters. The van der Waals surface area contributed by atoms with E-state index in [-0.39, 0.29) is 16.2 Å². The molecule has 0 saturated heterocycles. The van der Waals surface area contributed by atoms with Crippen LogP contribution in [0.2, 0.25) is 0 Å². The molecule has 1 amide bonds. The molecule has 0 radical (unpaired) electrons. The van der Waals surface area contributed by atoms with Gasteiger partial charge >= 0.3 is 0 Å². The Kier molecular flexibility index (Phi) is 5.63. The molecule has 0 spiro atoms. The molecule has 0 aliphatic carbocycles. The van der Waals surface area contributed by atoms with Crippen LogP contribution in [0.1, 0.15) is 38.8 Å². The van der Waals surface area contributed by atoms with Gasteiger partial charge in [-0.3, -0.25) is 9.59 Å². The maximum absolute atomic E-state index is 12.6. The van der Waals surface area contributed by atoms with Crippen LogP contribution >= 0.6 is 0 Å². The predicted molar refractivity (Wildman–Crippen MR) is 101 cm³/mol. The van der Waals surface area contributed by atoms with E-state index in [9.17, 15) is 18.0 Å². The summed E-state index contributed by atoms with van der Waals surface area (Å²) >= 11 is 0. The first-order valence-electron chi connectivity index (χ1n) is 8.00. The minimum atomic E-state index is -3.66.